The first-order valence-corrected chi connectivity index (χ1v) is 4.42. The first kappa shape index (κ1) is 11.0. The largest absolute Gasteiger partial charge is 0.504 e. The van der Waals surface area contributed by atoms with Gasteiger partial charge in [-0.2, -0.15) is 0 Å². The van der Waals surface area contributed by atoms with Crippen LogP contribution in [0, 0.1) is 4.91 Å². The molecular formula is C10H12NO4+. The van der Waals surface area contributed by atoms with Gasteiger partial charge < -0.3 is 9.84 Å². The molecule has 0 saturated carbocycles. The molecular weight excluding hydrogens is 198 g/mol. The van der Waals surface area contributed by atoms with Crippen LogP contribution >= 0.6 is 0 Å². The molecule has 0 heterocycles. The minimum Gasteiger partial charge on any atom is -0.504 e. The van der Waals surface area contributed by atoms with Crippen molar-refractivity contribution in [2.45, 2.75) is 6.92 Å². The molecule has 0 aliphatic carbocycles. The van der Waals surface area contributed by atoms with Gasteiger partial charge in [0, 0.05) is 6.08 Å². The van der Waals surface area contributed by atoms with E-state index in [1.165, 1.54) is 12.1 Å². The van der Waals surface area contributed by atoms with Crippen molar-refractivity contribution >= 4 is 6.08 Å². The summed E-state index contributed by atoms with van der Waals surface area (Å²) in [4.78, 5) is 9.90. The molecule has 0 atom stereocenters. The van der Waals surface area contributed by atoms with Gasteiger partial charge in [-0.15, -0.1) is 0 Å². The molecule has 1 aromatic rings. The fraction of sp³-hybridized carbons (Fsp3) is 0.200. The Labute approximate surface area is 86.8 Å². The average molecular weight is 210 g/mol. The van der Waals surface area contributed by atoms with Crippen LogP contribution in [0.1, 0.15) is 12.5 Å². The van der Waals surface area contributed by atoms with Crippen molar-refractivity contribution in [3.63, 3.8) is 0 Å². The molecule has 0 fully saturated rings. The highest BCUT2D eigenvalue weighted by molar-refractivity contribution is 5.54. The predicted molar refractivity (Wildman–Crippen MR) is 53.7 cm³/mol. The lowest BCUT2D eigenvalue weighted by atomic mass is 10.2. The summed E-state index contributed by atoms with van der Waals surface area (Å²) in [7, 11) is 0. The number of ether oxygens (including phenoxy) is 1. The fourth-order valence-corrected chi connectivity index (χ4v) is 1.06. The van der Waals surface area contributed by atoms with Gasteiger partial charge in [0.15, 0.2) is 11.5 Å². The first-order valence-electron chi connectivity index (χ1n) is 4.42. The van der Waals surface area contributed by atoms with Crippen LogP contribution in [0.3, 0.4) is 0 Å². The number of rotatable bonds is 4. The normalized spacial score (nSPS) is 10.5. The zero-order chi connectivity index (χ0) is 11.3. The van der Waals surface area contributed by atoms with Gasteiger partial charge in [-0.25, -0.2) is 5.21 Å². The molecule has 0 aliphatic heterocycles. The Kier molecular flexibility index (Phi) is 3.68. The molecule has 0 spiro atoms. The summed E-state index contributed by atoms with van der Waals surface area (Å²) in [6.45, 7) is 2.24. The van der Waals surface area contributed by atoms with E-state index < -0.39 is 0 Å². The molecule has 0 aromatic heterocycles. The third kappa shape index (κ3) is 3.30. The second-order valence-electron chi connectivity index (χ2n) is 2.78. The second kappa shape index (κ2) is 4.99. The lowest BCUT2D eigenvalue weighted by Gasteiger charge is -2.05. The molecule has 1 rings (SSSR count). The highest BCUT2D eigenvalue weighted by Crippen LogP contribution is 2.27. The fourth-order valence-electron chi connectivity index (χ4n) is 1.06. The predicted octanol–water partition coefficient (Wildman–Crippen LogP) is 1.93. The van der Waals surface area contributed by atoms with Crippen molar-refractivity contribution in [2.75, 3.05) is 6.61 Å². The summed E-state index contributed by atoms with van der Waals surface area (Å²) in [5.41, 5.74) is 0.645. The topological polar surface area (TPSA) is 69.8 Å². The van der Waals surface area contributed by atoms with E-state index in [-0.39, 0.29) is 10.7 Å². The molecule has 0 saturated heterocycles. The van der Waals surface area contributed by atoms with E-state index in [2.05, 4.69) is 0 Å². The summed E-state index contributed by atoms with van der Waals surface area (Å²) >= 11 is 0. The molecule has 0 unspecified atom stereocenters. The number of phenolic OH excluding ortho intramolecular Hbond substituents is 1. The van der Waals surface area contributed by atoms with Gasteiger partial charge in [-0.1, -0.05) is 6.07 Å². The van der Waals surface area contributed by atoms with Crippen LogP contribution in [0.15, 0.2) is 24.4 Å². The molecule has 0 radical (unpaired) electrons. The standard InChI is InChI=1S/C10H11NO4/c1-2-15-10-7-8(3-4-9(10)12)5-6-11(13)14/h3-7H,2H2,1H3,(H-,12,13,14)/p+1/b6-5+. The van der Waals surface area contributed by atoms with Gasteiger partial charge in [0.05, 0.1) is 11.5 Å². The maximum atomic E-state index is 10.2. The van der Waals surface area contributed by atoms with Crippen LogP contribution in [-0.4, -0.2) is 21.8 Å². The van der Waals surface area contributed by atoms with Crippen LogP contribution < -0.4 is 4.74 Å². The van der Waals surface area contributed by atoms with E-state index in [9.17, 15) is 10.0 Å². The van der Waals surface area contributed by atoms with E-state index in [4.69, 9.17) is 9.94 Å². The van der Waals surface area contributed by atoms with Gasteiger partial charge in [0.2, 0.25) is 4.92 Å². The second-order valence-corrected chi connectivity index (χ2v) is 2.78. The third-order valence-electron chi connectivity index (χ3n) is 1.68. The molecule has 0 amide bonds. The molecule has 1 aromatic carbocycles. The highest BCUT2D eigenvalue weighted by atomic mass is 16.6. The number of aromatic hydroxyl groups is 1. The molecule has 80 valence electrons. The monoisotopic (exact) mass is 210 g/mol. The van der Waals surface area contributed by atoms with Crippen molar-refractivity contribution in [3.05, 3.63) is 34.9 Å². The third-order valence-corrected chi connectivity index (χ3v) is 1.68. The van der Waals surface area contributed by atoms with Crippen molar-refractivity contribution in [1.29, 1.82) is 0 Å². The lowest BCUT2D eigenvalue weighted by molar-refractivity contribution is -0.741. The lowest BCUT2D eigenvalue weighted by Crippen LogP contribution is -1.92. The van der Waals surface area contributed by atoms with E-state index in [1.54, 1.807) is 19.1 Å². The van der Waals surface area contributed by atoms with E-state index in [1.807, 2.05) is 0 Å². The Hall–Kier alpha value is -2.04. The number of hydrogen-bond acceptors (Lipinski definition) is 3. The molecule has 15 heavy (non-hydrogen) atoms. The van der Waals surface area contributed by atoms with Crippen molar-refractivity contribution in [2.24, 2.45) is 0 Å². The SMILES string of the molecule is CCOc1cc(/C=C/[N+](=O)O)ccc1O. The van der Waals surface area contributed by atoms with Gasteiger partial charge >= 0.3 is 0 Å². The summed E-state index contributed by atoms with van der Waals surface area (Å²) < 4.78 is 5.15. The Balaban J connectivity index is 2.91. The summed E-state index contributed by atoms with van der Waals surface area (Å²) in [6.07, 6.45) is 2.34. The molecule has 0 aliphatic rings. The van der Waals surface area contributed by atoms with Crippen LogP contribution in [0.25, 0.3) is 6.08 Å². The van der Waals surface area contributed by atoms with E-state index in [0.29, 0.717) is 17.9 Å². The average Bonchev–Trinajstić information content (AvgIpc) is 2.19. The first-order chi connectivity index (χ1) is 7.13. The quantitative estimate of drug-likeness (QED) is 0.745. The number of nitrogens with zero attached hydrogens (tertiary/aromatic N) is 1. The summed E-state index contributed by atoms with van der Waals surface area (Å²) in [5.74, 6) is 0.381. The number of hydrogen-bond donors (Lipinski definition) is 2. The van der Waals surface area contributed by atoms with Crippen molar-refractivity contribution < 1.29 is 20.0 Å². The summed E-state index contributed by atoms with van der Waals surface area (Å²) in [6, 6.07) is 4.62. The smallest absolute Gasteiger partial charge is 0.282 e. The Bertz CT molecular complexity index is 387. The van der Waals surface area contributed by atoms with Gasteiger partial charge in [-0.3, -0.25) is 0 Å². The Morgan fingerprint density at radius 1 is 1.53 bits per heavy atom. The van der Waals surface area contributed by atoms with Gasteiger partial charge in [0.25, 0.3) is 6.20 Å². The highest BCUT2D eigenvalue weighted by Gasteiger charge is 2.03. The zero-order valence-corrected chi connectivity index (χ0v) is 8.25. The van der Waals surface area contributed by atoms with E-state index in [0.717, 1.165) is 6.20 Å². The van der Waals surface area contributed by atoms with Crippen molar-refractivity contribution in [3.8, 4) is 11.5 Å². The maximum absolute atomic E-state index is 10.2. The van der Waals surface area contributed by atoms with Crippen LogP contribution in [-0.2, 0) is 0 Å². The minimum atomic E-state index is -0.298. The number of phenols is 1. The number of benzene rings is 1. The van der Waals surface area contributed by atoms with Crippen LogP contribution in [0.4, 0.5) is 0 Å². The van der Waals surface area contributed by atoms with Gasteiger partial charge in [0.1, 0.15) is 0 Å². The van der Waals surface area contributed by atoms with Crippen LogP contribution in [0.2, 0.25) is 0 Å². The molecule has 5 nitrogen and oxygen atoms in total. The Morgan fingerprint density at radius 2 is 2.27 bits per heavy atom. The maximum Gasteiger partial charge on any atom is 0.282 e. The minimum absolute atomic E-state index is 0.0389. The van der Waals surface area contributed by atoms with Gasteiger partial charge in [-0.05, 0) is 24.6 Å². The molecule has 2 N–H and O–H groups in total. The zero-order valence-electron chi connectivity index (χ0n) is 8.25. The molecule has 5 heteroatoms. The van der Waals surface area contributed by atoms with Crippen LogP contribution in [0.5, 0.6) is 11.5 Å². The van der Waals surface area contributed by atoms with Crippen molar-refractivity contribution in [1.82, 2.24) is 0 Å². The summed E-state index contributed by atoms with van der Waals surface area (Å²) in [5, 5.41) is 17.7. The van der Waals surface area contributed by atoms with E-state index >= 15 is 0 Å². The Morgan fingerprint density at radius 3 is 2.87 bits per heavy atom. The molecule has 0 bridgehead atoms.